The molecule has 1 aliphatic heterocycles. The highest BCUT2D eigenvalue weighted by atomic mass is 16.2. The Morgan fingerprint density at radius 2 is 2.28 bits per heavy atom. The van der Waals surface area contributed by atoms with E-state index >= 15 is 0 Å². The molecule has 1 rings (SSSR count). The van der Waals surface area contributed by atoms with Crippen molar-refractivity contribution in [3.05, 3.63) is 12.7 Å². The average molecular weight is 253 g/mol. The molecule has 1 aliphatic rings. The largest absolute Gasteiger partial charge is 0.353 e. The maximum atomic E-state index is 11.6. The molecule has 0 aromatic heterocycles. The fraction of sp³-hybridized carbons (Fsp3) is 0.583. The fourth-order valence-corrected chi connectivity index (χ4v) is 1.74. The van der Waals surface area contributed by atoms with Crippen LogP contribution in [0.2, 0.25) is 0 Å². The third-order valence-corrected chi connectivity index (χ3v) is 2.86. The van der Waals surface area contributed by atoms with Crippen LogP contribution in [0, 0.1) is 0 Å². The van der Waals surface area contributed by atoms with E-state index in [-0.39, 0.29) is 36.7 Å². The number of piperidine rings is 1. The summed E-state index contributed by atoms with van der Waals surface area (Å²) in [4.78, 5) is 35.5. The first kappa shape index (κ1) is 14.2. The van der Waals surface area contributed by atoms with Gasteiger partial charge in [0, 0.05) is 39.0 Å². The van der Waals surface area contributed by atoms with Crippen LogP contribution in [0.25, 0.3) is 0 Å². The minimum absolute atomic E-state index is 0.0477. The maximum absolute atomic E-state index is 11.6. The first-order valence-corrected chi connectivity index (χ1v) is 5.96. The lowest BCUT2D eigenvalue weighted by Crippen LogP contribution is -2.46. The predicted octanol–water partition coefficient (Wildman–Crippen LogP) is -0.584. The van der Waals surface area contributed by atoms with Crippen molar-refractivity contribution in [2.45, 2.75) is 25.3 Å². The van der Waals surface area contributed by atoms with Gasteiger partial charge < -0.3 is 15.5 Å². The molecule has 2 N–H and O–H groups in total. The Morgan fingerprint density at radius 3 is 2.89 bits per heavy atom. The van der Waals surface area contributed by atoms with Crippen molar-refractivity contribution in [3.8, 4) is 0 Å². The van der Waals surface area contributed by atoms with Crippen LogP contribution in [0.5, 0.6) is 0 Å². The van der Waals surface area contributed by atoms with E-state index in [1.165, 1.54) is 0 Å². The van der Waals surface area contributed by atoms with Gasteiger partial charge in [0.25, 0.3) is 0 Å². The lowest BCUT2D eigenvalue weighted by atomic mass is 10.0. The van der Waals surface area contributed by atoms with Gasteiger partial charge in [-0.05, 0) is 12.5 Å². The number of carbonyl (C=O) groups is 3. The van der Waals surface area contributed by atoms with Gasteiger partial charge in [-0.2, -0.15) is 0 Å². The molecular formula is C12H19N3O3. The second-order valence-corrected chi connectivity index (χ2v) is 4.32. The van der Waals surface area contributed by atoms with Gasteiger partial charge >= 0.3 is 0 Å². The van der Waals surface area contributed by atoms with Crippen molar-refractivity contribution in [1.29, 1.82) is 0 Å². The molecule has 0 aromatic carbocycles. The lowest BCUT2D eigenvalue weighted by Gasteiger charge is -2.29. The van der Waals surface area contributed by atoms with E-state index in [9.17, 15) is 14.4 Å². The van der Waals surface area contributed by atoms with Gasteiger partial charge in [-0.25, -0.2) is 0 Å². The number of nitrogens with zero attached hydrogens (tertiary/aromatic N) is 1. The van der Waals surface area contributed by atoms with Crippen molar-refractivity contribution < 1.29 is 14.4 Å². The molecule has 0 radical (unpaired) electrons. The topological polar surface area (TPSA) is 78.5 Å². The molecule has 0 aromatic rings. The SMILES string of the molecule is C=CC(=O)NCCC(=O)NC1CCN(C)C(=O)C1. The summed E-state index contributed by atoms with van der Waals surface area (Å²) in [6.07, 6.45) is 2.49. The van der Waals surface area contributed by atoms with E-state index < -0.39 is 0 Å². The molecule has 0 aliphatic carbocycles. The Hall–Kier alpha value is -1.85. The molecule has 1 fully saturated rings. The van der Waals surface area contributed by atoms with Crippen LogP contribution < -0.4 is 10.6 Å². The summed E-state index contributed by atoms with van der Waals surface area (Å²) in [6.45, 7) is 4.25. The van der Waals surface area contributed by atoms with Gasteiger partial charge in [0.2, 0.25) is 17.7 Å². The number of rotatable bonds is 5. The molecule has 3 amide bonds. The Bertz CT molecular complexity index is 354. The Morgan fingerprint density at radius 1 is 1.56 bits per heavy atom. The van der Waals surface area contributed by atoms with Crippen LogP contribution in [0.15, 0.2) is 12.7 Å². The lowest BCUT2D eigenvalue weighted by molar-refractivity contribution is -0.133. The van der Waals surface area contributed by atoms with Crippen LogP contribution in [0.3, 0.4) is 0 Å². The number of likely N-dealkylation sites (tertiary alicyclic amines) is 1. The number of carbonyl (C=O) groups excluding carboxylic acids is 3. The van der Waals surface area contributed by atoms with Gasteiger partial charge in [0.05, 0.1) is 0 Å². The number of amides is 3. The van der Waals surface area contributed by atoms with Crippen molar-refractivity contribution in [3.63, 3.8) is 0 Å². The predicted molar refractivity (Wildman–Crippen MR) is 66.6 cm³/mol. The van der Waals surface area contributed by atoms with Crippen LogP contribution in [0.1, 0.15) is 19.3 Å². The summed E-state index contributed by atoms with van der Waals surface area (Å²) in [5.74, 6) is -0.398. The monoisotopic (exact) mass is 253 g/mol. The molecular weight excluding hydrogens is 234 g/mol. The van der Waals surface area contributed by atoms with E-state index in [1.807, 2.05) is 0 Å². The molecule has 0 spiro atoms. The van der Waals surface area contributed by atoms with Crippen LogP contribution in [-0.4, -0.2) is 48.8 Å². The van der Waals surface area contributed by atoms with Crippen LogP contribution in [-0.2, 0) is 14.4 Å². The molecule has 6 heteroatoms. The van der Waals surface area contributed by atoms with Crippen LogP contribution in [0.4, 0.5) is 0 Å². The Labute approximate surface area is 106 Å². The van der Waals surface area contributed by atoms with Crippen molar-refractivity contribution in [2.24, 2.45) is 0 Å². The highest BCUT2D eigenvalue weighted by molar-refractivity contribution is 5.87. The zero-order chi connectivity index (χ0) is 13.5. The molecule has 0 bridgehead atoms. The summed E-state index contributed by atoms with van der Waals surface area (Å²) in [5.41, 5.74) is 0. The number of nitrogens with one attached hydrogen (secondary N) is 2. The molecule has 1 atom stereocenters. The summed E-state index contributed by atoms with van der Waals surface area (Å²) in [5, 5.41) is 5.32. The van der Waals surface area contributed by atoms with E-state index in [4.69, 9.17) is 0 Å². The van der Waals surface area contributed by atoms with E-state index in [1.54, 1.807) is 11.9 Å². The minimum atomic E-state index is -0.294. The normalized spacial score (nSPS) is 19.3. The second kappa shape index (κ2) is 6.78. The molecule has 6 nitrogen and oxygen atoms in total. The van der Waals surface area contributed by atoms with Crippen LogP contribution >= 0.6 is 0 Å². The summed E-state index contributed by atoms with van der Waals surface area (Å²) < 4.78 is 0. The van der Waals surface area contributed by atoms with Crippen molar-refractivity contribution >= 4 is 17.7 Å². The van der Waals surface area contributed by atoms with Crippen molar-refractivity contribution in [2.75, 3.05) is 20.1 Å². The van der Waals surface area contributed by atoms with E-state index in [0.717, 1.165) is 12.5 Å². The third kappa shape index (κ3) is 4.57. The number of hydrogen-bond donors (Lipinski definition) is 2. The average Bonchev–Trinajstić information content (AvgIpc) is 2.33. The smallest absolute Gasteiger partial charge is 0.243 e. The zero-order valence-electron chi connectivity index (χ0n) is 10.6. The Balaban J connectivity index is 2.22. The fourth-order valence-electron chi connectivity index (χ4n) is 1.74. The first-order valence-electron chi connectivity index (χ1n) is 5.96. The quantitative estimate of drug-likeness (QED) is 0.643. The van der Waals surface area contributed by atoms with E-state index in [0.29, 0.717) is 13.0 Å². The van der Waals surface area contributed by atoms with E-state index in [2.05, 4.69) is 17.2 Å². The molecule has 1 heterocycles. The number of hydrogen-bond acceptors (Lipinski definition) is 3. The van der Waals surface area contributed by atoms with Gasteiger partial charge in [0.1, 0.15) is 0 Å². The second-order valence-electron chi connectivity index (χ2n) is 4.32. The summed E-state index contributed by atoms with van der Waals surface area (Å²) >= 11 is 0. The molecule has 18 heavy (non-hydrogen) atoms. The molecule has 0 saturated carbocycles. The third-order valence-electron chi connectivity index (χ3n) is 2.86. The Kier molecular flexibility index (Phi) is 5.35. The molecule has 1 saturated heterocycles. The zero-order valence-corrected chi connectivity index (χ0v) is 10.6. The molecule has 1 unspecified atom stereocenters. The standard InChI is InChI=1S/C12H19N3O3/c1-3-10(16)13-6-4-11(17)14-9-5-7-15(2)12(18)8-9/h3,9H,1,4-8H2,2H3,(H,13,16)(H,14,17). The highest BCUT2D eigenvalue weighted by Gasteiger charge is 2.24. The van der Waals surface area contributed by atoms with Gasteiger partial charge in [-0.1, -0.05) is 6.58 Å². The maximum Gasteiger partial charge on any atom is 0.243 e. The van der Waals surface area contributed by atoms with Gasteiger partial charge in [-0.15, -0.1) is 0 Å². The van der Waals surface area contributed by atoms with Gasteiger partial charge in [-0.3, -0.25) is 14.4 Å². The summed E-state index contributed by atoms with van der Waals surface area (Å²) in [7, 11) is 1.76. The van der Waals surface area contributed by atoms with Crippen molar-refractivity contribution in [1.82, 2.24) is 15.5 Å². The minimum Gasteiger partial charge on any atom is -0.353 e. The molecule has 100 valence electrons. The van der Waals surface area contributed by atoms with Gasteiger partial charge in [0.15, 0.2) is 0 Å². The first-order chi connectivity index (χ1) is 8.52. The highest BCUT2D eigenvalue weighted by Crippen LogP contribution is 2.09. The summed E-state index contributed by atoms with van der Waals surface area (Å²) in [6, 6.07) is -0.0868.